The predicted octanol–water partition coefficient (Wildman–Crippen LogP) is 6.50. The Kier molecular flexibility index (Phi) is 6.90. The van der Waals surface area contributed by atoms with Gasteiger partial charge in [0.1, 0.15) is 11.6 Å². The monoisotopic (exact) mass is 512 g/mol. The Morgan fingerprint density at radius 3 is 2.38 bits per heavy atom. The number of benzene rings is 3. The van der Waals surface area contributed by atoms with E-state index in [-0.39, 0.29) is 29.5 Å². The average molecular weight is 513 g/mol. The van der Waals surface area contributed by atoms with E-state index in [0.29, 0.717) is 17.0 Å². The molecule has 9 heteroatoms. The maximum absolute atomic E-state index is 13.3. The number of aliphatic imine (C=N–C) groups is 1. The van der Waals surface area contributed by atoms with Crippen molar-refractivity contribution in [2.24, 2.45) is 4.99 Å². The molecule has 0 aliphatic carbocycles. The van der Waals surface area contributed by atoms with Crippen LogP contribution in [0, 0.1) is 5.82 Å². The fourth-order valence-electron chi connectivity index (χ4n) is 4.31. The molecule has 37 heavy (non-hydrogen) atoms. The Morgan fingerprint density at radius 2 is 1.73 bits per heavy atom. The van der Waals surface area contributed by atoms with Crippen LogP contribution in [0.3, 0.4) is 0 Å². The van der Waals surface area contributed by atoms with Gasteiger partial charge in [0.05, 0.1) is 35.9 Å². The number of fused-ring (bicyclic) bond motifs is 1. The average Bonchev–Trinajstić information content (AvgIpc) is 2.83. The number of nitrogens with one attached hydrogen (secondary N) is 1. The number of halogens is 4. The molecule has 1 aliphatic rings. The lowest BCUT2D eigenvalue weighted by molar-refractivity contribution is -0.138. The highest BCUT2D eigenvalue weighted by atomic mass is 19.4. The van der Waals surface area contributed by atoms with E-state index in [9.17, 15) is 27.2 Å². The lowest BCUT2D eigenvalue weighted by Crippen LogP contribution is -2.30. The van der Waals surface area contributed by atoms with Gasteiger partial charge in [-0.05, 0) is 80.4 Å². The van der Waals surface area contributed by atoms with Crippen molar-refractivity contribution in [3.63, 3.8) is 0 Å². The SMILES string of the molecule is COc1ccc2c(c1)C(CC(=O)c1ccc(NC(=O)c3ccc(F)cc3C(F)(F)F)cc1)=NC(C)(C)C2. The van der Waals surface area contributed by atoms with Crippen molar-refractivity contribution in [1.82, 2.24) is 0 Å². The van der Waals surface area contributed by atoms with Crippen LogP contribution in [0.2, 0.25) is 0 Å². The first-order valence-electron chi connectivity index (χ1n) is 11.4. The Balaban J connectivity index is 1.51. The lowest BCUT2D eigenvalue weighted by atomic mass is 9.85. The molecule has 5 nitrogen and oxygen atoms in total. The highest BCUT2D eigenvalue weighted by Gasteiger charge is 2.35. The van der Waals surface area contributed by atoms with E-state index in [2.05, 4.69) is 5.32 Å². The van der Waals surface area contributed by atoms with Crippen LogP contribution in [0.5, 0.6) is 5.75 Å². The van der Waals surface area contributed by atoms with Gasteiger partial charge in [-0.2, -0.15) is 13.2 Å². The highest BCUT2D eigenvalue weighted by molar-refractivity contribution is 6.17. The van der Waals surface area contributed by atoms with Crippen molar-refractivity contribution in [1.29, 1.82) is 0 Å². The summed E-state index contributed by atoms with van der Waals surface area (Å²) >= 11 is 0. The Labute approximate surface area is 211 Å². The number of Topliss-reactive ketones (excluding diaryl/α,β-unsaturated/α-hetero) is 1. The molecular formula is C28H24F4N2O3. The molecule has 0 saturated heterocycles. The molecule has 0 spiro atoms. The molecule has 4 rings (SSSR count). The van der Waals surface area contributed by atoms with Gasteiger partial charge in [0, 0.05) is 16.8 Å². The Morgan fingerprint density at radius 1 is 1.03 bits per heavy atom. The molecule has 3 aromatic rings. The summed E-state index contributed by atoms with van der Waals surface area (Å²) in [5.74, 6) is -1.69. The highest BCUT2D eigenvalue weighted by Crippen LogP contribution is 2.33. The summed E-state index contributed by atoms with van der Waals surface area (Å²) < 4.78 is 58.4. The second-order valence-corrected chi connectivity index (χ2v) is 9.39. The van der Waals surface area contributed by atoms with Gasteiger partial charge >= 0.3 is 6.18 Å². The van der Waals surface area contributed by atoms with E-state index in [1.54, 1.807) is 7.11 Å². The molecule has 0 radical (unpaired) electrons. The van der Waals surface area contributed by atoms with Crippen molar-refractivity contribution < 1.29 is 31.9 Å². The minimum Gasteiger partial charge on any atom is -0.497 e. The van der Waals surface area contributed by atoms with Crippen LogP contribution in [0.25, 0.3) is 0 Å². The number of nitrogens with zero attached hydrogens (tertiary/aromatic N) is 1. The summed E-state index contributed by atoms with van der Waals surface area (Å²) in [7, 11) is 1.57. The van der Waals surface area contributed by atoms with Crippen molar-refractivity contribution in [3.8, 4) is 5.75 Å². The van der Waals surface area contributed by atoms with Crippen molar-refractivity contribution >= 4 is 23.1 Å². The van der Waals surface area contributed by atoms with E-state index < -0.39 is 29.0 Å². The summed E-state index contributed by atoms with van der Waals surface area (Å²) in [6, 6.07) is 13.4. The number of ketones is 1. The van der Waals surface area contributed by atoms with Gasteiger partial charge in [-0.15, -0.1) is 0 Å². The molecule has 0 fully saturated rings. The standard InChI is InChI=1S/C28H24F4N2O3/c1-27(2)15-17-6-10-20(37-3)13-22(17)24(34-27)14-25(35)16-4-8-19(9-5-16)33-26(36)21-11-7-18(29)12-23(21)28(30,31)32/h4-13H,14-15H2,1-3H3,(H,33,36). The number of methoxy groups -OCH3 is 1. The molecule has 1 heterocycles. The first kappa shape index (κ1) is 26.1. The molecule has 192 valence electrons. The van der Waals surface area contributed by atoms with E-state index >= 15 is 0 Å². The van der Waals surface area contributed by atoms with Crippen molar-refractivity contribution in [3.05, 3.63) is 94.3 Å². The van der Waals surface area contributed by atoms with E-state index in [4.69, 9.17) is 9.73 Å². The van der Waals surface area contributed by atoms with Gasteiger partial charge in [-0.25, -0.2) is 4.39 Å². The molecule has 0 aromatic heterocycles. The summed E-state index contributed by atoms with van der Waals surface area (Å²) in [4.78, 5) is 30.3. The maximum Gasteiger partial charge on any atom is 0.417 e. The zero-order valence-electron chi connectivity index (χ0n) is 20.4. The van der Waals surface area contributed by atoms with Gasteiger partial charge in [-0.1, -0.05) is 6.07 Å². The second-order valence-electron chi connectivity index (χ2n) is 9.39. The minimum atomic E-state index is -4.90. The largest absolute Gasteiger partial charge is 0.497 e. The van der Waals surface area contributed by atoms with E-state index in [1.807, 2.05) is 32.0 Å². The molecule has 0 saturated carbocycles. The molecule has 0 atom stereocenters. The third-order valence-electron chi connectivity index (χ3n) is 6.01. The summed E-state index contributed by atoms with van der Waals surface area (Å²) in [5, 5.41) is 2.36. The van der Waals surface area contributed by atoms with Gasteiger partial charge in [-0.3, -0.25) is 14.6 Å². The van der Waals surface area contributed by atoms with Gasteiger partial charge in [0.15, 0.2) is 5.78 Å². The lowest BCUT2D eigenvalue weighted by Gasteiger charge is -2.29. The van der Waals surface area contributed by atoms with Crippen LogP contribution >= 0.6 is 0 Å². The first-order valence-corrected chi connectivity index (χ1v) is 11.4. The maximum atomic E-state index is 13.3. The van der Waals surface area contributed by atoms with Gasteiger partial charge in [0.2, 0.25) is 0 Å². The predicted molar refractivity (Wildman–Crippen MR) is 132 cm³/mol. The topological polar surface area (TPSA) is 67.8 Å². The summed E-state index contributed by atoms with van der Waals surface area (Å²) in [5.41, 5.74) is 0.656. The fraction of sp³-hybridized carbons (Fsp3) is 0.250. The van der Waals surface area contributed by atoms with Crippen LogP contribution in [0.4, 0.5) is 23.2 Å². The molecule has 0 bridgehead atoms. The molecule has 1 N–H and O–H groups in total. The molecule has 0 unspecified atom stereocenters. The van der Waals surface area contributed by atoms with Gasteiger partial charge < -0.3 is 10.1 Å². The number of hydrogen-bond donors (Lipinski definition) is 1. The number of amides is 1. The minimum absolute atomic E-state index is 0.0415. The van der Waals surface area contributed by atoms with Crippen LogP contribution in [-0.2, 0) is 12.6 Å². The number of carbonyl (C=O) groups excluding carboxylic acids is 2. The molecule has 1 amide bonds. The van der Waals surface area contributed by atoms with E-state index in [1.165, 1.54) is 24.3 Å². The van der Waals surface area contributed by atoms with Crippen molar-refractivity contribution in [2.75, 3.05) is 12.4 Å². The smallest absolute Gasteiger partial charge is 0.417 e. The number of alkyl halides is 3. The molecule has 1 aliphatic heterocycles. The van der Waals surface area contributed by atoms with Crippen LogP contribution in [0.1, 0.15) is 57.7 Å². The van der Waals surface area contributed by atoms with Crippen LogP contribution < -0.4 is 10.1 Å². The number of rotatable bonds is 6. The summed E-state index contributed by atoms with van der Waals surface area (Å²) in [6.07, 6.45) is -4.13. The Bertz CT molecular complexity index is 1390. The third-order valence-corrected chi connectivity index (χ3v) is 6.01. The zero-order valence-corrected chi connectivity index (χ0v) is 20.4. The number of anilines is 1. The normalized spacial score (nSPS) is 14.4. The van der Waals surface area contributed by atoms with Crippen molar-refractivity contribution in [2.45, 2.75) is 38.4 Å². The number of carbonyl (C=O) groups is 2. The second kappa shape index (κ2) is 9.80. The van der Waals surface area contributed by atoms with Gasteiger partial charge in [0.25, 0.3) is 5.91 Å². The third kappa shape index (κ3) is 5.87. The number of ether oxygens (including phenoxy) is 1. The fourth-order valence-corrected chi connectivity index (χ4v) is 4.31. The quantitative estimate of drug-likeness (QED) is 0.303. The Hall–Kier alpha value is -4.01. The summed E-state index contributed by atoms with van der Waals surface area (Å²) in [6.45, 7) is 3.99. The molecular weight excluding hydrogens is 488 g/mol. The zero-order chi connectivity index (χ0) is 27.0. The first-order chi connectivity index (χ1) is 17.4. The van der Waals surface area contributed by atoms with E-state index in [0.717, 1.165) is 29.7 Å². The molecule has 3 aromatic carbocycles. The van der Waals surface area contributed by atoms with Crippen LogP contribution in [-0.4, -0.2) is 30.1 Å². The van der Waals surface area contributed by atoms with Crippen LogP contribution in [0.15, 0.2) is 65.7 Å². The number of hydrogen-bond acceptors (Lipinski definition) is 4.